The molecule has 1 spiro atoms. The van der Waals surface area contributed by atoms with Crippen molar-refractivity contribution < 1.29 is 9.18 Å². The first kappa shape index (κ1) is 18.2. The monoisotopic (exact) mass is 370 g/mol. The molecule has 0 saturated carbocycles. The molecule has 27 heavy (non-hydrogen) atoms. The van der Waals surface area contributed by atoms with Crippen molar-refractivity contribution in [1.82, 2.24) is 19.6 Å². The fraction of sp³-hybridized carbons (Fsp3) is 0.524. The zero-order chi connectivity index (χ0) is 19.0. The largest absolute Gasteiger partial charge is 0.337 e. The lowest BCUT2D eigenvalue weighted by Gasteiger charge is -2.40. The molecule has 4 rings (SSSR count). The first-order valence-electron chi connectivity index (χ1n) is 9.71. The standard InChI is InChI=1S/C21H27FN4O/c1-16-12-19(23-24(16)2)20(27)26-11-9-21(15-26)8-3-10-25(14-21)13-17-4-6-18(22)7-5-17/h4-7,12H,3,8-11,13-15H2,1-2H3/t21-/m1/s1. The van der Waals surface area contributed by atoms with Gasteiger partial charge in [-0.1, -0.05) is 12.1 Å². The van der Waals surface area contributed by atoms with Gasteiger partial charge in [0.1, 0.15) is 5.82 Å². The second-order valence-electron chi connectivity index (χ2n) is 8.21. The van der Waals surface area contributed by atoms with E-state index in [-0.39, 0.29) is 17.1 Å². The van der Waals surface area contributed by atoms with E-state index in [0.29, 0.717) is 5.69 Å². The molecule has 2 saturated heterocycles. The number of hydrogen-bond donors (Lipinski definition) is 0. The molecule has 1 amide bonds. The molecule has 5 nitrogen and oxygen atoms in total. The Morgan fingerprint density at radius 2 is 1.96 bits per heavy atom. The average molecular weight is 370 g/mol. The van der Waals surface area contributed by atoms with E-state index >= 15 is 0 Å². The molecule has 0 N–H and O–H groups in total. The predicted molar refractivity (Wildman–Crippen MR) is 102 cm³/mol. The number of rotatable bonds is 3. The van der Waals surface area contributed by atoms with Crippen LogP contribution in [0.2, 0.25) is 0 Å². The van der Waals surface area contributed by atoms with E-state index in [4.69, 9.17) is 0 Å². The van der Waals surface area contributed by atoms with Gasteiger partial charge in [-0.2, -0.15) is 5.10 Å². The summed E-state index contributed by atoms with van der Waals surface area (Å²) in [5.41, 5.74) is 2.86. The summed E-state index contributed by atoms with van der Waals surface area (Å²) in [4.78, 5) is 17.3. The van der Waals surface area contributed by atoms with Crippen LogP contribution in [0.15, 0.2) is 30.3 Å². The Morgan fingerprint density at radius 3 is 2.67 bits per heavy atom. The minimum Gasteiger partial charge on any atom is -0.337 e. The maximum Gasteiger partial charge on any atom is 0.274 e. The summed E-state index contributed by atoms with van der Waals surface area (Å²) in [5.74, 6) is -0.144. The highest BCUT2D eigenvalue weighted by Gasteiger charge is 2.43. The molecule has 1 aromatic heterocycles. The summed E-state index contributed by atoms with van der Waals surface area (Å²) in [6.45, 7) is 6.47. The molecule has 0 aliphatic carbocycles. The van der Waals surface area contributed by atoms with Crippen LogP contribution >= 0.6 is 0 Å². The van der Waals surface area contributed by atoms with Gasteiger partial charge in [-0.15, -0.1) is 0 Å². The minimum absolute atomic E-state index is 0.0474. The SMILES string of the molecule is Cc1cc(C(=O)N2CC[C@@]3(CCCN(Cc4ccc(F)cc4)C3)C2)nn1C. The molecule has 3 heterocycles. The van der Waals surface area contributed by atoms with Crippen LogP contribution in [0.1, 0.15) is 41.0 Å². The second kappa shape index (κ2) is 7.08. The summed E-state index contributed by atoms with van der Waals surface area (Å²) in [6, 6.07) is 8.66. The van der Waals surface area contributed by atoms with Crippen LogP contribution in [0.5, 0.6) is 0 Å². The first-order valence-corrected chi connectivity index (χ1v) is 9.71. The number of halogens is 1. The highest BCUT2D eigenvalue weighted by Crippen LogP contribution is 2.39. The zero-order valence-corrected chi connectivity index (χ0v) is 16.1. The molecule has 0 bridgehead atoms. The summed E-state index contributed by atoms with van der Waals surface area (Å²) >= 11 is 0. The zero-order valence-electron chi connectivity index (χ0n) is 16.1. The molecule has 2 aliphatic rings. The van der Waals surface area contributed by atoms with E-state index in [2.05, 4.69) is 10.00 Å². The minimum atomic E-state index is -0.191. The summed E-state index contributed by atoms with van der Waals surface area (Å²) < 4.78 is 14.9. The van der Waals surface area contributed by atoms with Crippen molar-refractivity contribution in [3.8, 4) is 0 Å². The second-order valence-corrected chi connectivity index (χ2v) is 8.21. The lowest BCUT2D eigenvalue weighted by molar-refractivity contribution is 0.0670. The number of benzene rings is 1. The van der Waals surface area contributed by atoms with Crippen molar-refractivity contribution in [2.75, 3.05) is 26.2 Å². The van der Waals surface area contributed by atoms with Crippen molar-refractivity contribution in [1.29, 1.82) is 0 Å². The fourth-order valence-electron chi connectivity index (χ4n) is 4.56. The molecule has 2 fully saturated rings. The first-order chi connectivity index (χ1) is 12.9. The lowest BCUT2D eigenvalue weighted by Crippen LogP contribution is -2.45. The van der Waals surface area contributed by atoms with Crippen molar-refractivity contribution in [2.45, 2.75) is 32.7 Å². The van der Waals surface area contributed by atoms with Gasteiger partial charge >= 0.3 is 0 Å². The van der Waals surface area contributed by atoms with Crippen molar-refractivity contribution >= 4 is 5.91 Å². The Kier molecular flexibility index (Phi) is 4.76. The van der Waals surface area contributed by atoms with E-state index in [1.807, 2.05) is 37.1 Å². The van der Waals surface area contributed by atoms with E-state index in [0.717, 1.165) is 63.2 Å². The molecule has 6 heteroatoms. The molecule has 0 radical (unpaired) electrons. The Labute approximate surface area is 159 Å². The molecule has 0 unspecified atom stereocenters. The average Bonchev–Trinajstić information content (AvgIpc) is 3.20. The van der Waals surface area contributed by atoms with Gasteiger partial charge in [-0.3, -0.25) is 14.4 Å². The van der Waals surface area contributed by atoms with E-state index in [1.165, 1.54) is 12.1 Å². The maximum absolute atomic E-state index is 13.1. The lowest BCUT2D eigenvalue weighted by atomic mass is 9.79. The van der Waals surface area contributed by atoms with Crippen LogP contribution in [0.3, 0.4) is 0 Å². The Hall–Kier alpha value is -2.21. The van der Waals surface area contributed by atoms with Crippen LogP contribution in [-0.4, -0.2) is 51.7 Å². The number of piperidine rings is 1. The fourth-order valence-corrected chi connectivity index (χ4v) is 4.56. The van der Waals surface area contributed by atoms with Crippen molar-refractivity contribution in [2.24, 2.45) is 12.5 Å². The third-order valence-electron chi connectivity index (χ3n) is 6.12. The van der Waals surface area contributed by atoms with Gasteiger partial charge in [-0.25, -0.2) is 4.39 Å². The van der Waals surface area contributed by atoms with Gasteiger partial charge in [0, 0.05) is 44.3 Å². The Morgan fingerprint density at radius 1 is 1.19 bits per heavy atom. The third kappa shape index (κ3) is 3.76. The van der Waals surface area contributed by atoms with Gasteiger partial charge in [0.25, 0.3) is 5.91 Å². The van der Waals surface area contributed by atoms with Gasteiger partial charge < -0.3 is 4.90 Å². The summed E-state index contributed by atoms with van der Waals surface area (Å²) in [7, 11) is 1.87. The highest BCUT2D eigenvalue weighted by atomic mass is 19.1. The number of nitrogens with zero attached hydrogens (tertiary/aromatic N) is 4. The number of aryl methyl sites for hydroxylation is 2. The quantitative estimate of drug-likeness (QED) is 0.834. The van der Waals surface area contributed by atoms with Crippen LogP contribution in [0.25, 0.3) is 0 Å². The smallest absolute Gasteiger partial charge is 0.274 e. The number of carbonyl (C=O) groups excluding carboxylic acids is 1. The van der Waals surface area contributed by atoms with Gasteiger partial charge in [0.05, 0.1) is 0 Å². The summed E-state index contributed by atoms with van der Waals surface area (Å²) in [5, 5.41) is 4.35. The topological polar surface area (TPSA) is 41.4 Å². The number of aromatic nitrogens is 2. The van der Waals surface area contributed by atoms with E-state index < -0.39 is 0 Å². The van der Waals surface area contributed by atoms with Crippen molar-refractivity contribution in [3.63, 3.8) is 0 Å². The number of likely N-dealkylation sites (tertiary alicyclic amines) is 2. The number of carbonyl (C=O) groups is 1. The van der Waals surface area contributed by atoms with Crippen LogP contribution in [0, 0.1) is 18.2 Å². The van der Waals surface area contributed by atoms with Crippen molar-refractivity contribution in [3.05, 3.63) is 53.1 Å². The third-order valence-corrected chi connectivity index (χ3v) is 6.12. The highest BCUT2D eigenvalue weighted by molar-refractivity contribution is 5.92. The normalized spacial score (nSPS) is 23.3. The molecule has 2 aromatic rings. The predicted octanol–water partition coefficient (Wildman–Crippen LogP) is 3.00. The van der Waals surface area contributed by atoms with Crippen LogP contribution in [0.4, 0.5) is 4.39 Å². The Balaban J connectivity index is 1.41. The molecule has 2 aliphatic heterocycles. The van der Waals surface area contributed by atoms with Gasteiger partial charge in [0.15, 0.2) is 5.69 Å². The van der Waals surface area contributed by atoms with Gasteiger partial charge in [-0.05, 0) is 56.5 Å². The van der Waals surface area contributed by atoms with E-state index in [9.17, 15) is 9.18 Å². The molecular formula is C21H27FN4O. The molecular weight excluding hydrogens is 343 g/mol. The molecule has 144 valence electrons. The van der Waals surface area contributed by atoms with Crippen LogP contribution < -0.4 is 0 Å². The number of hydrogen-bond acceptors (Lipinski definition) is 3. The van der Waals surface area contributed by atoms with Gasteiger partial charge in [0.2, 0.25) is 0 Å². The number of amides is 1. The van der Waals surface area contributed by atoms with Crippen LogP contribution in [-0.2, 0) is 13.6 Å². The summed E-state index contributed by atoms with van der Waals surface area (Å²) in [6.07, 6.45) is 3.36. The maximum atomic E-state index is 13.1. The molecule has 1 atom stereocenters. The molecule has 1 aromatic carbocycles. The Bertz CT molecular complexity index is 812. The van der Waals surface area contributed by atoms with E-state index in [1.54, 1.807) is 4.68 Å².